The average Bonchev–Trinajstić information content (AvgIpc) is 2.49. The Balaban J connectivity index is 2.09. The molecule has 3 nitrogen and oxygen atoms in total. The van der Waals surface area contributed by atoms with Crippen LogP contribution in [0, 0.1) is 0 Å². The van der Waals surface area contributed by atoms with Gasteiger partial charge in [0, 0.05) is 10.6 Å². The molecule has 0 saturated carbocycles. The third-order valence-corrected chi connectivity index (χ3v) is 3.23. The molecule has 0 aromatic heterocycles. The van der Waals surface area contributed by atoms with Crippen LogP contribution in [0.2, 0.25) is 10.0 Å². The first-order valence-corrected chi connectivity index (χ1v) is 6.96. The Morgan fingerprint density at radius 3 is 2.57 bits per heavy atom. The largest absolute Gasteiger partial charge is 0.490 e. The Morgan fingerprint density at radius 1 is 1.19 bits per heavy atom. The highest BCUT2D eigenvalue weighted by atomic mass is 35.5. The molecule has 0 aliphatic rings. The van der Waals surface area contributed by atoms with Crippen LogP contribution in [0.25, 0.3) is 0 Å². The van der Waals surface area contributed by atoms with Crippen molar-refractivity contribution in [2.24, 2.45) is 0 Å². The van der Waals surface area contributed by atoms with Gasteiger partial charge in [-0.2, -0.15) is 0 Å². The second kappa shape index (κ2) is 7.16. The molecule has 21 heavy (non-hydrogen) atoms. The zero-order valence-electron chi connectivity index (χ0n) is 11.1. The zero-order chi connectivity index (χ0) is 15.2. The Hall–Kier alpha value is -1.97. The van der Waals surface area contributed by atoms with Gasteiger partial charge in [-0.3, -0.25) is 4.79 Å². The predicted molar refractivity (Wildman–Crippen MR) is 86.5 cm³/mol. The van der Waals surface area contributed by atoms with Crippen LogP contribution < -0.4 is 10.1 Å². The van der Waals surface area contributed by atoms with E-state index in [-0.39, 0.29) is 5.91 Å². The molecule has 0 fully saturated rings. The van der Waals surface area contributed by atoms with Crippen LogP contribution in [0.15, 0.2) is 55.1 Å². The predicted octanol–water partition coefficient (Wildman–Crippen LogP) is 4.81. The summed E-state index contributed by atoms with van der Waals surface area (Å²) in [5, 5.41) is 3.65. The van der Waals surface area contributed by atoms with Crippen LogP contribution in [-0.4, -0.2) is 12.5 Å². The summed E-state index contributed by atoms with van der Waals surface area (Å²) < 4.78 is 5.35. The van der Waals surface area contributed by atoms with Crippen molar-refractivity contribution in [3.63, 3.8) is 0 Å². The minimum absolute atomic E-state index is 0.269. The van der Waals surface area contributed by atoms with Gasteiger partial charge in [0.2, 0.25) is 0 Å². The minimum atomic E-state index is -0.269. The molecule has 108 valence electrons. The Morgan fingerprint density at radius 2 is 1.90 bits per heavy atom. The van der Waals surface area contributed by atoms with Crippen molar-refractivity contribution < 1.29 is 9.53 Å². The van der Waals surface area contributed by atoms with E-state index in [0.29, 0.717) is 33.7 Å². The topological polar surface area (TPSA) is 38.3 Å². The van der Waals surface area contributed by atoms with Gasteiger partial charge in [0.05, 0.1) is 10.7 Å². The number of halogens is 2. The number of hydrogen-bond donors (Lipinski definition) is 1. The van der Waals surface area contributed by atoms with Crippen molar-refractivity contribution in [3.05, 3.63) is 70.7 Å². The SMILES string of the molecule is C=CCOc1ccc(C(=O)Nc2cc(Cl)ccc2Cl)cc1. The van der Waals surface area contributed by atoms with Gasteiger partial charge in [0.15, 0.2) is 0 Å². The van der Waals surface area contributed by atoms with Crippen molar-refractivity contribution in [1.29, 1.82) is 0 Å². The van der Waals surface area contributed by atoms with Crippen molar-refractivity contribution in [3.8, 4) is 5.75 Å². The lowest BCUT2D eigenvalue weighted by molar-refractivity contribution is 0.102. The number of rotatable bonds is 5. The number of benzene rings is 2. The van der Waals surface area contributed by atoms with Gasteiger partial charge < -0.3 is 10.1 Å². The van der Waals surface area contributed by atoms with Crippen molar-refractivity contribution in [2.45, 2.75) is 0 Å². The maximum absolute atomic E-state index is 12.1. The van der Waals surface area contributed by atoms with Crippen LogP contribution in [0.5, 0.6) is 5.75 Å². The Kier molecular flexibility index (Phi) is 5.26. The average molecular weight is 322 g/mol. The fourth-order valence-electron chi connectivity index (χ4n) is 1.65. The van der Waals surface area contributed by atoms with Gasteiger partial charge >= 0.3 is 0 Å². The molecule has 0 radical (unpaired) electrons. The van der Waals surface area contributed by atoms with E-state index in [9.17, 15) is 4.79 Å². The number of carbonyl (C=O) groups is 1. The maximum Gasteiger partial charge on any atom is 0.255 e. The lowest BCUT2D eigenvalue weighted by atomic mass is 10.2. The van der Waals surface area contributed by atoms with Gasteiger partial charge in [-0.25, -0.2) is 0 Å². The van der Waals surface area contributed by atoms with Crippen LogP contribution in [0.1, 0.15) is 10.4 Å². The van der Waals surface area contributed by atoms with E-state index in [2.05, 4.69) is 11.9 Å². The standard InChI is InChI=1S/C16H13Cl2NO2/c1-2-9-21-13-6-3-11(4-7-13)16(20)19-15-10-12(17)5-8-14(15)18/h2-8,10H,1,9H2,(H,19,20). The molecule has 0 spiro atoms. The molecular weight excluding hydrogens is 309 g/mol. The molecule has 1 N–H and O–H groups in total. The smallest absolute Gasteiger partial charge is 0.255 e. The summed E-state index contributed by atoms with van der Waals surface area (Å²) in [7, 11) is 0. The number of hydrogen-bond acceptors (Lipinski definition) is 2. The van der Waals surface area contributed by atoms with Gasteiger partial charge in [0.1, 0.15) is 12.4 Å². The summed E-state index contributed by atoms with van der Waals surface area (Å²) in [4.78, 5) is 12.1. The zero-order valence-corrected chi connectivity index (χ0v) is 12.6. The van der Waals surface area contributed by atoms with Crippen LogP contribution >= 0.6 is 23.2 Å². The molecular formula is C16H13Cl2NO2. The van der Waals surface area contributed by atoms with Crippen LogP contribution in [-0.2, 0) is 0 Å². The summed E-state index contributed by atoms with van der Waals surface area (Å²) in [6.45, 7) is 3.99. The highest BCUT2D eigenvalue weighted by molar-refractivity contribution is 6.35. The van der Waals surface area contributed by atoms with E-state index in [4.69, 9.17) is 27.9 Å². The van der Waals surface area contributed by atoms with Gasteiger partial charge in [0.25, 0.3) is 5.91 Å². The second-order valence-electron chi connectivity index (χ2n) is 4.20. The summed E-state index contributed by atoms with van der Waals surface area (Å²) in [6, 6.07) is 11.7. The first-order chi connectivity index (χ1) is 10.1. The lowest BCUT2D eigenvalue weighted by Gasteiger charge is -2.08. The number of carbonyl (C=O) groups excluding carboxylic acids is 1. The summed E-state index contributed by atoms with van der Waals surface area (Å²) in [5.41, 5.74) is 0.971. The Bertz CT molecular complexity index is 654. The molecule has 0 atom stereocenters. The number of amides is 1. The first kappa shape index (κ1) is 15.4. The maximum atomic E-state index is 12.1. The molecule has 2 rings (SSSR count). The van der Waals surface area contributed by atoms with Crippen molar-refractivity contribution in [2.75, 3.05) is 11.9 Å². The molecule has 5 heteroatoms. The third kappa shape index (κ3) is 4.25. The molecule has 0 unspecified atom stereocenters. The molecule has 0 aliphatic heterocycles. The Labute approximate surface area is 133 Å². The van der Waals surface area contributed by atoms with Gasteiger partial charge in [-0.1, -0.05) is 35.9 Å². The minimum Gasteiger partial charge on any atom is -0.490 e. The highest BCUT2D eigenvalue weighted by Crippen LogP contribution is 2.26. The number of nitrogens with one attached hydrogen (secondary N) is 1. The number of ether oxygens (including phenoxy) is 1. The summed E-state index contributed by atoms with van der Waals surface area (Å²) in [6.07, 6.45) is 1.65. The lowest BCUT2D eigenvalue weighted by Crippen LogP contribution is -2.12. The summed E-state index contributed by atoms with van der Waals surface area (Å²) >= 11 is 11.9. The molecule has 0 bridgehead atoms. The molecule has 0 aliphatic carbocycles. The molecule has 2 aromatic rings. The van der Waals surface area contributed by atoms with Crippen LogP contribution in [0.4, 0.5) is 5.69 Å². The normalized spacial score (nSPS) is 10.0. The quantitative estimate of drug-likeness (QED) is 0.802. The van der Waals surface area contributed by atoms with Crippen molar-refractivity contribution in [1.82, 2.24) is 0 Å². The fourth-order valence-corrected chi connectivity index (χ4v) is 1.98. The molecule has 1 amide bonds. The van der Waals surface area contributed by atoms with Crippen molar-refractivity contribution >= 4 is 34.8 Å². The van der Waals surface area contributed by atoms with Crippen LogP contribution in [0.3, 0.4) is 0 Å². The van der Waals surface area contributed by atoms with E-state index < -0.39 is 0 Å². The van der Waals surface area contributed by atoms with E-state index in [0.717, 1.165) is 0 Å². The molecule has 2 aromatic carbocycles. The first-order valence-electron chi connectivity index (χ1n) is 6.20. The highest BCUT2D eigenvalue weighted by Gasteiger charge is 2.09. The number of anilines is 1. The van der Waals surface area contributed by atoms with Gasteiger partial charge in [-0.15, -0.1) is 0 Å². The molecule has 0 heterocycles. The fraction of sp³-hybridized carbons (Fsp3) is 0.0625. The third-order valence-electron chi connectivity index (χ3n) is 2.66. The molecule has 0 saturated heterocycles. The van der Waals surface area contributed by atoms with E-state index >= 15 is 0 Å². The van der Waals surface area contributed by atoms with Gasteiger partial charge in [-0.05, 0) is 42.5 Å². The van der Waals surface area contributed by atoms with E-state index in [1.165, 1.54) is 0 Å². The summed E-state index contributed by atoms with van der Waals surface area (Å²) in [5.74, 6) is 0.404. The monoisotopic (exact) mass is 321 g/mol. The van der Waals surface area contributed by atoms with E-state index in [1.807, 2.05) is 0 Å². The van der Waals surface area contributed by atoms with E-state index in [1.54, 1.807) is 48.5 Å². The second-order valence-corrected chi connectivity index (χ2v) is 5.05.